The van der Waals surface area contributed by atoms with E-state index in [0.29, 0.717) is 16.7 Å². The van der Waals surface area contributed by atoms with E-state index < -0.39 is 6.36 Å². The lowest BCUT2D eigenvalue weighted by molar-refractivity contribution is -0.274. The molecule has 0 atom stereocenters. The molecular weight excluding hydrogens is 269 g/mol. The maximum atomic E-state index is 12.3. The van der Waals surface area contributed by atoms with E-state index in [1.54, 1.807) is 6.07 Å². The molecule has 3 aromatic rings. The van der Waals surface area contributed by atoms with Crippen molar-refractivity contribution in [2.24, 2.45) is 0 Å². The van der Waals surface area contributed by atoms with Crippen LogP contribution in [0.25, 0.3) is 22.3 Å². The molecule has 3 rings (SSSR count). The van der Waals surface area contributed by atoms with E-state index in [1.165, 1.54) is 12.3 Å². The molecule has 0 amide bonds. The number of halogens is 3. The number of aromatic nitrogens is 2. The van der Waals surface area contributed by atoms with Crippen LogP contribution in [-0.4, -0.2) is 16.3 Å². The van der Waals surface area contributed by atoms with E-state index in [2.05, 4.69) is 14.7 Å². The number of aromatic amines is 1. The third-order valence-corrected chi connectivity index (χ3v) is 2.80. The Bertz CT molecular complexity index is 735. The van der Waals surface area contributed by atoms with Gasteiger partial charge in [-0.25, -0.2) is 4.98 Å². The number of nitrogens with one attached hydrogen (secondary N) is 1. The molecule has 6 heteroatoms. The van der Waals surface area contributed by atoms with Crippen molar-refractivity contribution in [3.8, 4) is 17.0 Å². The van der Waals surface area contributed by atoms with Crippen LogP contribution in [0.2, 0.25) is 0 Å². The SMILES string of the molecule is FC(F)(F)Oc1ccnc2[nH]c(-c3ccccc3)cc12. The highest BCUT2D eigenvalue weighted by molar-refractivity contribution is 5.88. The van der Waals surface area contributed by atoms with Gasteiger partial charge in [0.1, 0.15) is 11.4 Å². The van der Waals surface area contributed by atoms with Crippen LogP contribution in [0, 0.1) is 0 Å². The molecule has 1 N–H and O–H groups in total. The van der Waals surface area contributed by atoms with Crippen molar-refractivity contribution in [3.05, 3.63) is 48.7 Å². The maximum absolute atomic E-state index is 12.3. The molecule has 2 heterocycles. The normalized spacial score (nSPS) is 11.8. The average Bonchev–Trinajstić information content (AvgIpc) is 2.83. The number of alkyl halides is 3. The van der Waals surface area contributed by atoms with Crippen molar-refractivity contribution >= 4 is 11.0 Å². The highest BCUT2D eigenvalue weighted by Crippen LogP contribution is 2.32. The first-order valence-corrected chi connectivity index (χ1v) is 5.82. The first-order valence-electron chi connectivity index (χ1n) is 5.82. The van der Waals surface area contributed by atoms with Gasteiger partial charge in [-0.15, -0.1) is 13.2 Å². The molecule has 0 radical (unpaired) electrons. The lowest BCUT2D eigenvalue weighted by Gasteiger charge is -2.08. The molecule has 0 aliphatic carbocycles. The Morgan fingerprint density at radius 2 is 1.80 bits per heavy atom. The molecule has 2 aromatic heterocycles. The molecule has 102 valence electrons. The number of H-pyrrole nitrogens is 1. The predicted octanol–water partition coefficient (Wildman–Crippen LogP) is 4.13. The van der Waals surface area contributed by atoms with E-state index in [9.17, 15) is 13.2 Å². The molecule has 0 aliphatic rings. The minimum Gasteiger partial charge on any atom is -0.405 e. The summed E-state index contributed by atoms with van der Waals surface area (Å²) >= 11 is 0. The average molecular weight is 278 g/mol. The Morgan fingerprint density at radius 1 is 1.05 bits per heavy atom. The van der Waals surface area contributed by atoms with Crippen LogP contribution < -0.4 is 4.74 Å². The van der Waals surface area contributed by atoms with Crippen molar-refractivity contribution in [1.82, 2.24) is 9.97 Å². The van der Waals surface area contributed by atoms with Crippen LogP contribution in [0.3, 0.4) is 0 Å². The number of fused-ring (bicyclic) bond motifs is 1. The van der Waals surface area contributed by atoms with Crippen molar-refractivity contribution in [1.29, 1.82) is 0 Å². The van der Waals surface area contributed by atoms with Gasteiger partial charge in [-0.2, -0.15) is 0 Å². The van der Waals surface area contributed by atoms with Crippen molar-refractivity contribution < 1.29 is 17.9 Å². The van der Waals surface area contributed by atoms with E-state index in [0.717, 1.165) is 5.56 Å². The highest BCUT2D eigenvalue weighted by Gasteiger charge is 2.32. The van der Waals surface area contributed by atoms with Crippen molar-refractivity contribution in [3.63, 3.8) is 0 Å². The minimum absolute atomic E-state index is 0.263. The summed E-state index contributed by atoms with van der Waals surface area (Å²) in [5, 5.41) is 0.295. The monoisotopic (exact) mass is 278 g/mol. The molecule has 0 spiro atoms. The Labute approximate surface area is 112 Å². The van der Waals surface area contributed by atoms with Crippen LogP contribution in [-0.2, 0) is 0 Å². The zero-order valence-electron chi connectivity index (χ0n) is 10.1. The number of benzene rings is 1. The summed E-state index contributed by atoms with van der Waals surface area (Å²) in [6, 6.07) is 12.1. The Kier molecular flexibility index (Phi) is 2.85. The van der Waals surface area contributed by atoms with Crippen molar-refractivity contribution in [2.45, 2.75) is 6.36 Å². The van der Waals surface area contributed by atoms with Crippen LogP contribution in [0.15, 0.2) is 48.7 Å². The molecule has 20 heavy (non-hydrogen) atoms. The zero-order chi connectivity index (χ0) is 14.2. The number of hydrogen-bond donors (Lipinski definition) is 1. The third-order valence-electron chi connectivity index (χ3n) is 2.80. The van der Waals surface area contributed by atoms with E-state index >= 15 is 0 Å². The second-order valence-electron chi connectivity index (χ2n) is 4.17. The van der Waals surface area contributed by atoms with E-state index in [1.807, 2.05) is 30.3 Å². The molecule has 0 saturated carbocycles. The largest absolute Gasteiger partial charge is 0.573 e. The summed E-state index contributed by atoms with van der Waals surface area (Å²) in [5.41, 5.74) is 1.90. The van der Waals surface area contributed by atoms with Gasteiger partial charge < -0.3 is 9.72 Å². The third kappa shape index (κ3) is 2.45. The van der Waals surface area contributed by atoms with E-state index in [-0.39, 0.29) is 5.75 Å². The molecule has 0 fully saturated rings. The maximum Gasteiger partial charge on any atom is 0.573 e. The second kappa shape index (κ2) is 4.56. The highest BCUT2D eigenvalue weighted by atomic mass is 19.4. The summed E-state index contributed by atoms with van der Waals surface area (Å²) < 4.78 is 41.0. The topological polar surface area (TPSA) is 37.9 Å². The smallest absolute Gasteiger partial charge is 0.405 e. The Hall–Kier alpha value is -2.50. The van der Waals surface area contributed by atoms with Crippen LogP contribution in [0.1, 0.15) is 0 Å². The van der Waals surface area contributed by atoms with Crippen LogP contribution in [0.4, 0.5) is 13.2 Å². The molecule has 0 aliphatic heterocycles. The van der Waals surface area contributed by atoms with Gasteiger partial charge in [0.25, 0.3) is 0 Å². The number of rotatable bonds is 2. The number of nitrogens with zero attached hydrogens (tertiary/aromatic N) is 1. The number of pyridine rings is 1. The molecule has 0 saturated heterocycles. The minimum atomic E-state index is -4.72. The van der Waals surface area contributed by atoms with Crippen molar-refractivity contribution in [2.75, 3.05) is 0 Å². The quantitative estimate of drug-likeness (QED) is 0.765. The molecule has 0 bridgehead atoms. The van der Waals surface area contributed by atoms with Gasteiger partial charge in [0.2, 0.25) is 0 Å². The van der Waals surface area contributed by atoms with Crippen LogP contribution >= 0.6 is 0 Å². The van der Waals surface area contributed by atoms with Gasteiger partial charge in [0, 0.05) is 11.9 Å². The Balaban J connectivity index is 2.10. The fraction of sp³-hybridized carbons (Fsp3) is 0.0714. The van der Waals surface area contributed by atoms with Gasteiger partial charge in [0.05, 0.1) is 5.39 Å². The summed E-state index contributed by atoms with van der Waals surface area (Å²) in [5.74, 6) is -0.263. The first-order chi connectivity index (χ1) is 9.53. The predicted molar refractivity (Wildman–Crippen MR) is 68.2 cm³/mol. The zero-order valence-corrected chi connectivity index (χ0v) is 10.1. The summed E-state index contributed by atoms with van der Waals surface area (Å²) in [7, 11) is 0. The Morgan fingerprint density at radius 3 is 2.50 bits per heavy atom. The number of hydrogen-bond acceptors (Lipinski definition) is 2. The van der Waals surface area contributed by atoms with Gasteiger partial charge >= 0.3 is 6.36 Å². The fourth-order valence-electron chi connectivity index (χ4n) is 1.99. The van der Waals surface area contributed by atoms with Gasteiger partial charge in [-0.3, -0.25) is 0 Å². The molecule has 1 aromatic carbocycles. The first kappa shape index (κ1) is 12.5. The van der Waals surface area contributed by atoms with Gasteiger partial charge in [-0.05, 0) is 17.7 Å². The molecule has 3 nitrogen and oxygen atoms in total. The molecule has 0 unspecified atom stereocenters. The lowest BCUT2D eigenvalue weighted by Crippen LogP contribution is -2.17. The fourth-order valence-corrected chi connectivity index (χ4v) is 1.99. The summed E-state index contributed by atoms with van der Waals surface area (Å²) in [4.78, 5) is 6.99. The van der Waals surface area contributed by atoms with Gasteiger partial charge in [0.15, 0.2) is 0 Å². The second-order valence-corrected chi connectivity index (χ2v) is 4.17. The van der Waals surface area contributed by atoms with E-state index in [4.69, 9.17) is 0 Å². The van der Waals surface area contributed by atoms with Crippen LogP contribution in [0.5, 0.6) is 5.75 Å². The lowest BCUT2D eigenvalue weighted by atomic mass is 10.1. The summed E-state index contributed by atoms with van der Waals surface area (Å²) in [6.07, 6.45) is -3.45. The standard InChI is InChI=1S/C14H9F3N2O/c15-14(16,17)20-12-6-7-18-13-10(12)8-11(19-13)9-4-2-1-3-5-9/h1-8H,(H,18,19). The summed E-state index contributed by atoms with van der Waals surface area (Å²) in [6.45, 7) is 0. The molecular formula is C14H9F3N2O. The number of ether oxygens (including phenoxy) is 1. The van der Waals surface area contributed by atoms with Gasteiger partial charge in [-0.1, -0.05) is 30.3 Å².